The maximum atomic E-state index is 14.9. The van der Waals surface area contributed by atoms with Crippen LogP contribution in [0, 0.1) is 41.4 Å². The van der Waals surface area contributed by atoms with Crippen LogP contribution in [-0.4, -0.2) is 18.6 Å². The molecule has 3 rings (SSSR count). The van der Waals surface area contributed by atoms with Crippen LogP contribution in [0.2, 0.25) is 0 Å². The first-order chi connectivity index (χ1) is 12.6. The van der Waals surface area contributed by atoms with Crippen LogP contribution in [0.1, 0.15) is 0 Å². The normalized spacial score (nSPS) is 15.2. The molecule has 1 heterocycles. The molecule has 3 nitrogen and oxygen atoms in total. The summed E-state index contributed by atoms with van der Waals surface area (Å²) in [5.41, 5.74) is -2.73. The molecular formula is C17H6F7NO2. The quantitative estimate of drug-likeness (QED) is 0.336. The molecule has 0 radical (unpaired) electrons. The van der Waals surface area contributed by atoms with Crippen molar-refractivity contribution in [3.8, 4) is 29.2 Å². The van der Waals surface area contributed by atoms with Gasteiger partial charge in [-0.05, 0) is 18.2 Å². The summed E-state index contributed by atoms with van der Waals surface area (Å²) in [5, 5.41) is 0. The molecule has 0 fully saturated rings. The fourth-order valence-electron chi connectivity index (χ4n) is 2.54. The van der Waals surface area contributed by atoms with Crippen LogP contribution in [0.5, 0.6) is 5.75 Å². The maximum Gasteiger partial charge on any atom is 0.483 e. The Morgan fingerprint density at radius 2 is 1.67 bits per heavy atom. The second-order valence-electron chi connectivity index (χ2n) is 5.34. The van der Waals surface area contributed by atoms with Crippen molar-refractivity contribution in [3.05, 3.63) is 47.3 Å². The van der Waals surface area contributed by atoms with Crippen molar-refractivity contribution < 1.29 is 40.3 Å². The molecule has 140 valence electrons. The van der Waals surface area contributed by atoms with Gasteiger partial charge in [-0.25, -0.2) is 22.0 Å². The van der Waals surface area contributed by atoms with Gasteiger partial charge in [0.2, 0.25) is 0 Å². The standard InChI is InChI=1S/C17H6F7NO2/c1-2-5-25-15-10(27-17(23,24)16(25)26)4-3-7(12(15)20)8-6-9(18)13(21)14(22)11(8)19/h1,3-4,6H,5H2. The first-order valence-electron chi connectivity index (χ1n) is 7.08. The van der Waals surface area contributed by atoms with Crippen LogP contribution in [0.15, 0.2) is 18.2 Å². The summed E-state index contributed by atoms with van der Waals surface area (Å²) in [4.78, 5) is 11.9. The average molecular weight is 389 g/mol. The van der Waals surface area contributed by atoms with Crippen LogP contribution in [0.25, 0.3) is 11.1 Å². The molecule has 27 heavy (non-hydrogen) atoms. The Balaban J connectivity index is 2.28. The highest BCUT2D eigenvalue weighted by molar-refractivity contribution is 6.02. The molecular weight excluding hydrogens is 383 g/mol. The SMILES string of the molecule is C#CCN1C(=O)C(F)(F)Oc2ccc(-c3cc(F)c(F)c(F)c3F)c(F)c21. The molecule has 1 aliphatic rings. The van der Waals surface area contributed by atoms with Gasteiger partial charge in [0.05, 0.1) is 6.54 Å². The number of carbonyl (C=O) groups is 1. The van der Waals surface area contributed by atoms with Crippen molar-refractivity contribution in [1.29, 1.82) is 0 Å². The summed E-state index contributed by atoms with van der Waals surface area (Å²) >= 11 is 0. The molecule has 2 aromatic rings. The molecule has 0 atom stereocenters. The van der Waals surface area contributed by atoms with Gasteiger partial charge in [-0.2, -0.15) is 8.78 Å². The Hall–Kier alpha value is -3.22. The fourth-order valence-corrected chi connectivity index (χ4v) is 2.54. The van der Waals surface area contributed by atoms with Gasteiger partial charge in [-0.3, -0.25) is 9.69 Å². The third-order valence-corrected chi connectivity index (χ3v) is 3.72. The topological polar surface area (TPSA) is 29.5 Å². The molecule has 0 bridgehead atoms. The zero-order chi connectivity index (χ0) is 20.1. The van der Waals surface area contributed by atoms with Gasteiger partial charge in [0.15, 0.2) is 34.8 Å². The first kappa shape index (κ1) is 18.6. The number of hydrogen-bond acceptors (Lipinski definition) is 2. The van der Waals surface area contributed by atoms with Crippen LogP contribution in [0.4, 0.5) is 36.4 Å². The lowest BCUT2D eigenvalue weighted by molar-refractivity contribution is -0.192. The van der Waals surface area contributed by atoms with Crippen LogP contribution >= 0.6 is 0 Å². The fraction of sp³-hybridized carbons (Fsp3) is 0.118. The van der Waals surface area contributed by atoms with E-state index < -0.39 is 70.2 Å². The number of anilines is 1. The molecule has 0 saturated heterocycles. The van der Waals surface area contributed by atoms with E-state index >= 15 is 0 Å². The van der Waals surface area contributed by atoms with E-state index in [-0.39, 0.29) is 11.0 Å². The smallest absolute Gasteiger partial charge is 0.423 e. The van der Waals surface area contributed by atoms with Gasteiger partial charge in [-0.15, -0.1) is 6.42 Å². The van der Waals surface area contributed by atoms with Gasteiger partial charge >= 0.3 is 12.0 Å². The second-order valence-corrected chi connectivity index (χ2v) is 5.34. The van der Waals surface area contributed by atoms with E-state index in [0.717, 1.165) is 6.07 Å². The zero-order valence-corrected chi connectivity index (χ0v) is 12.9. The molecule has 0 aromatic heterocycles. The third-order valence-electron chi connectivity index (χ3n) is 3.72. The highest BCUT2D eigenvalue weighted by Gasteiger charge is 2.51. The van der Waals surface area contributed by atoms with Gasteiger partial charge in [0, 0.05) is 11.1 Å². The van der Waals surface area contributed by atoms with Gasteiger partial charge in [0.25, 0.3) is 0 Å². The number of hydrogen-bond donors (Lipinski definition) is 0. The highest BCUT2D eigenvalue weighted by atomic mass is 19.3. The largest absolute Gasteiger partial charge is 0.483 e. The molecule has 2 aromatic carbocycles. The summed E-state index contributed by atoms with van der Waals surface area (Å²) < 4.78 is 100. The summed E-state index contributed by atoms with van der Waals surface area (Å²) in [7, 11) is 0. The monoisotopic (exact) mass is 389 g/mol. The highest BCUT2D eigenvalue weighted by Crippen LogP contribution is 2.44. The van der Waals surface area contributed by atoms with E-state index in [4.69, 9.17) is 6.42 Å². The summed E-state index contributed by atoms with van der Waals surface area (Å²) in [6.07, 6.45) is 0.658. The van der Waals surface area contributed by atoms with Crippen molar-refractivity contribution in [2.24, 2.45) is 0 Å². The van der Waals surface area contributed by atoms with Gasteiger partial charge in [0.1, 0.15) is 5.69 Å². The maximum absolute atomic E-state index is 14.9. The predicted molar refractivity (Wildman–Crippen MR) is 78.4 cm³/mol. The summed E-state index contributed by atoms with van der Waals surface area (Å²) in [5.74, 6) is -10.5. The molecule has 1 aliphatic heterocycles. The van der Waals surface area contributed by atoms with E-state index in [1.165, 1.54) is 0 Å². The Bertz CT molecular complexity index is 1010. The molecule has 0 aliphatic carbocycles. The van der Waals surface area contributed by atoms with Gasteiger partial charge in [-0.1, -0.05) is 5.92 Å². The first-order valence-corrected chi connectivity index (χ1v) is 7.08. The Morgan fingerprint density at radius 3 is 2.30 bits per heavy atom. The van der Waals surface area contributed by atoms with E-state index in [2.05, 4.69) is 4.74 Å². The van der Waals surface area contributed by atoms with Crippen molar-refractivity contribution in [2.75, 3.05) is 11.4 Å². The van der Waals surface area contributed by atoms with E-state index in [0.29, 0.717) is 6.07 Å². The summed E-state index contributed by atoms with van der Waals surface area (Å²) in [6, 6.07) is 1.60. The molecule has 0 spiro atoms. The molecule has 1 amide bonds. The van der Waals surface area contributed by atoms with Crippen LogP contribution in [-0.2, 0) is 4.79 Å². The van der Waals surface area contributed by atoms with Crippen molar-refractivity contribution >= 4 is 11.6 Å². The van der Waals surface area contributed by atoms with E-state index in [1.807, 2.05) is 5.92 Å². The number of alkyl halides is 2. The van der Waals surface area contributed by atoms with E-state index in [1.54, 1.807) is 0 Å². The number of fused-ring (bicyclic) bond motifs is 1. The van der Waals surface area contributed by atoms with Crippen molar-refractivity contribution in [1.82, 2.24) is 0 Å². The number of halogens is 7. The van der Waals surface area contributed by atoms with E-state index in [9.17, 15) is 35.5 Å². The molecule has 0 unspecified atom stereocenters. The lowest BCUT2D eigenvalue weighted by Gasteiger charge is -2.33. The molecule has 10 heteroatoms. The number of terminal acetylenes is 1. The number of ether oxygens (including phenoxy) is 1. The number of nitrogens with zero attached hydrogens (tertiary/aromatic N) is 1. The second kappa shape index (κ2) is 6.19. The van der Waals surface area contributed by atoms with Crippen molar-refractivity contribution in [3.63, 3.8) is 0 Å². The molecule has 0 saturated carbocycles. The lowest BCUT2D eigenvalue weighted by Crippen LogP contribution is -2.51. The Kier molecular flexibility index (Phi) is 4.26. The van der Waals surface area contributed by atoms with Crippen LogP contribution < -0.4 is 9.64 Å². The minimum absolute atomic E-state index is 0.172. The lowest BCUT2D eigenvalue weighted by atomic mass is 10.0. The number of rotatable bonds is 2. The number of carbonyl (C=O) groups excluding carboxylic acids is 1. The minimum Gasteiger partial charge on any atom is -0.423 e. The van der Waals surface area contributed by atoms with Crippen LogP contribution in [0.3, 0.4) is 0 Å². The summed E-state index contributed by atoms with van der Waals surface area (Å²) in [6.45, 7) is -0.792. The van der Waals surface area contributed by atoms with Crippen molar-refractivity contribution in [2.45, 2.75) is 6.11 Å². The number of amides is 1. The Morgan fingerprint density at radius 1 is 1.00 bits per heavy atom. The predicted octanol–water partition coefficient (Wildman–Crippen LogP) is 4.00. The zero-order valence-electron chi connectivity index (χ0n) is 12.9. The number of benzene rings is 2. The minimum atomic E-state index is -4.34. The average Bonchev–Trinajstić information content (AvgIpc) is 2.61. The third kappa shape index (κ3) is 2.75. The van der Waals surface area contributed by atoms with Gasteiger partial charge < -0.3 is 4.74 Å². The molecule has 0 N–H and O–H groups in total. The Labute approximate surface area is 147 Å².